The van der Waals surface area contributed by atoms with Crippen LogP contribution in [0.5, 0.6) is 0 Å². The predicted molar refractivity (Wildman–Crippen MR) is 325 cm³/mol. The molecule has 0 radical (unpaired) electrons. The zero-order valence-corrected chi connectivity index (χ0v) is 49.8. The molecule has 0 aromatic heterocycles. The van der Waals surface area contributed by atoms with Crippen LogP contribution in [0.25, 0.3) is 0 Å². The van der Waals surface area contributed by atoms with Gasteiger partial charge in [-0.3, -0.25) is 14.4 Å². The highest BCUT2D eigenvalue weighted by Gasteiger charge is 2.19. The highest BCUT2D eigenvalue weighted by molar-refractivity contribution is 5.71. The number of ether oxygens (including phenoxy) is 3. The molecule has 0 rings (SSSR count). The number of esters is 3. The van der Waals surface area contributed by atoms with Crippen molar-refractivity contribution < 1.29 is 28.6 Å². The minimum Gasteiger partial charge on any atom is -0.462 e. The quantitative estimate of drug-likeness (QED) is 0.0261. The third kappa shape index (κ3) is 61.6. The summed E-state index contributed by atoms with van der Waals surface area (Å²) in [5.74, 6) is -0.885. The summed E-state index contributed by atoms with van der Waals surface area (Å²) in [6.45, 7) is 6.54. The van der Waals surface area contributed by atoms with E-state index in [9.17, 15) is 14.4 Å². The minimum atomic E-state index is -0.785. The lowest BCUT2D eigenvalue weighted by molar-refractivity contribution is -0.167. The summed E-state index contributed by atoms with van der Waals surface area (Å²) >= 11 is 0. The van der Waals surface area contributed by atoms with Gasteiger partial charge in [-0.1, -0.05) is 273 Å². The van der Waals surface area contributed by atoms with Gasteiger partial charge >= 0.3 is 17.9 Å². The zero-order chi connectivity index (χ0) is 54.3. The van der Waals surface area contributed by atoms with Gasteiger partial charge in [0.2, 0.25) is 0 Å². The number of carbonyl (C=O) groups is 3. The maximum Gasteiger partial charge on any atom is 0.306 e. The van der Waals surface area contributed by atoms with Crippen LogP contribution in [-0.2, 0) is 28.6 Å². The number of hydrogen-bond acceptors (Lipinski definition) is 6. The van der Waals surface area contributed by atoms with Crippen LogP contribution in [0.2, 0.25) is 0 Å². The molecule has 0 aromatic carbocycles. The Morgan fingerprint density at radius 2 is 0.520 bits per heavy atom. The van der Waals surface area contributed by atoms with Crippen molar-refractivity contribution in [2.45, 2.75) is 335 Å². The summed E-state index contributed by atoms with van der Waals surface area (Å²) in [6.07, 6.45) is 81.9. The zero-order valence-electron chi connectivity index (χ0n) is 49.8. The standard InChI is InChI=1S/C69H122O6/c1-4-7-10-13-16-19-22-25-28-30-31-32-33-34-35-36-37-39-41-44-47-50-53-56-59-62-68(71)74-65-66(64-73-67(70)61-58-55-52-49-46-43-40-27-24-21-18-15-12-9-6-3)75-69(72)63-60-57-54-51-48-45-42-38-29-26-23-20-17-14-11-8-5-2/h8,11,17,20,22,25-27,29-31,40,66H,4-7,9-10,12-16,18-19,21,23-24,28,32-39,41-65H2,1-3H3/b11-8-,20-17-,25-22-,29-26-,31-30-,40-27-. The van der Waals surface area contributed by atoms with Crippen molar-refractivity contribution >= 4 is 17.9 Å². The molecule has 0 amide bonds. The monoisotopic (exact) mass is 1050 g/mol. The molecule has 0 aromatic rings. The van der Waals surface area contributed by atoms with Gasteiger partial charge in [0, 0.05) is 19.3 Å². The first-order valence-corrected chi connectivity index (χ1v) is 32.4. The summed E-state index contributed by atoms with van der Waals surface area (Å²) in [4.78, 5) is 38.3. The van der Waals surface area contributed by atoms with Crippen LogP contribution in [0.15, 0.2) is 72.9 Å². The van der Waals surface area contributed by atoms with Crippen molar-refractivity contribution in [3.05, 3.63) is 72.9 Å². The minimum absolute atomic E-state index is 0.0808. The molecule has 0 heterocycles. The first-order valence-electron chi connectivity index (χ1n) is 32.4. The molecule has 0 saturated carbocycles. The fourth-order valence-electron chi connectivity index (χ4n) is 9.31. The molecule has 0 N–H and O–H groups in total. The van der Waals surface area contributed by atoms with E-state index in [-0.39, 0.29) is 31.1 Å². The number of hydrogen-bond donors (Lipinski definition) is 0. The van der Waals surface area contributed by atoms with E-state index in [0.717, 1.165) is 96.3 Å². The van der Waals surface area contributed by atoms with Crippen LogP contribution >= 0.6 is 0 Å². The van der Waals surface area contributed by atoms with Gasteiger partial charge in [-0.05, 0) is 109 Å². The highest BCUT2D eigenvalue weighted by atomic mass is 16.6. The highest BCUT2D eigenvalue weighted by Crippen LogP contribution is 2.16. The average molecular weight is 1050 g/mol. The molecule has 0 aliphatic rings. The maximum absolute atomic E-state index is 12.9. The molecule has 1 atom stereocenters. The van der Waals surface area contributed by atoms with Gasteiger partial charge in [0.05, 0.1) is 0 Å². The summed E-state index contributed by atoms with van der Waals surface area (Å²) in [7, 11) is 0. The van der Waals surface area contributed by atoms with Crippen LogP contribution in [0.1, 0.15) is 329 Å². The first kappa shape index (κ1) is 71.8. The van der Waals surface area contributed by atoms with E-state index in [4.69, 9.17) is 14.2 Å². The molecule has 6 nitrogen and oxygen atoms in total. The van der Waals surface area contributed by atoms with Crippen LogP contribution in [0.4, 0.5) is 0 Å². The number of rotatable bonds is 59. The second kappa shape index (κ2) is 63.4. The third-order valence-electron chi connectivity index (χ3n) is 14.2. The van der Waals surface area contributed by atoms with Gasteiger partial charge in [-0.15, -0.1) is 0 Å². The molecular formula is C69H122O6. The molecule has 75 heavy (non-hydrogen) atoms. The Balaban J connectivity index is 4.31. The normalized spacial score (nSPS) is 12.5. The summed E-state index contributed by atoms with van der Waals surface area (Å²) in [6, 6.07) is 0. The summed E-state index contributed by atoms with van der Waals surface area (Å²) in [5.41, 5.74) is 0. The van der Waals surface area contributed by atoms with Crippen LogP contribution in [0.3, 0.4) is 0 Å². The van der Waals surface area contributed by atoms with Crippen molar-refractivity contribution in [3.63, 3.8) is 0 Å². The van der Waals surface area contributed by atoms with E-state index in [1.54, 1.807) is 0 Å². The predicted octanol–water partition coefficient (Wildman–Crippen LogP) is 22.1. The van der Waals surface area contributed by atoms with Crippen molar-refractivity contribution in [1.82, 2.24) is 0 Å². The SMILES string of the molecule is CC/C=C\C/C=C\C/C=C\CCCCCCCCCC(=O)OC(COC(=O)CCCCCCC/C=C\CCCCCCCC)COC(=O)CCCCCCCCCCCCCCC/C=C\C/C=C\CCCCCCC. The second-order valence-corrected chi connectivity index (χ2v) is 21.6. The Bertz CT molecular complexity index is 1390. The molecule has 1 unspecified atom stereocenters. The number of allylic oxidation sites excluding steroid dienone is 12. The van der Waals surface area contributed by atoms with E-state index in [2.05, 4.69) is 93.7 Å². The topological polar surface area (TPSA) is 78.9 Å². The largest absolute Gasteiger partial charge is 0.462 e. The summed E-state index contributed by atoms with van der Waals surface area (Å²) < 4.78 is 16.9. The van der Waals surface area contributed by atoms with E-state index >= 15 is 0 Å². The van der Waals surface area contributed by atoms with Crippen LogP contribution in [-0.4, -0.2) is 37.2 Å². The Hall–Kier alpha value is -3.15. The average Bonchev–Trinajstić information content (AvgIpc) is 3.41. The van der Waals surface area contributed by atoms with Crippen LogP contribution in [0, 0.1) is 0 Å². The molecule has 0 fully saturated rings. The van der Waals surface area contributed by atoms with Crippen molar-refractivity contribution in [2.75, 3.05) is 13.2 Å². The van der Waals surface area contributed by atoms with E-state index in [1.165, 1.54) is 193 Å². The summed E-state index contributed by atoms with van der Waals surface area (Å²) in [5, 5.41) is 0. The molecule has 0 spiro atoms. The Morgan fingerprint density at radius 3 is 0.827 bits per heavy atom. The lowest BCUT2D eigenvalue weighted by atomic mass is 10.0. The van der Waals surface area contributed by atoms with Crippen molar-refractivity contribution in [1.29, 1.82) is 0 Å². The van der Waals surface area contributed by atoms with Gasteiger partial charge in [0.25, 0.3) is 0 Å². The second-order valence-electron chi connectivity index (χ2n) is 21.6. The molecule has 0 bridgehead atoms. The molecule has 0 aliphatic heterocycles. The van der Waals surface area contributed by atoms with E-state index in [1.807, 2.05) is 0 Å². The van der Waals surface area contributed by atoms with Gasteiger partial charge in [-0.25, -0.2) is 0 Å². The molecule has 6 heteroatoms. The van der Waals surface area contributed by atoms with Gasteiger partial charge in [0.1, 0.15) is 13.2 Å². The number of unbranched alkanes of at least 4 members (excludes halogenated alkanes) is 36. The molecule has 0 aliphatic carbocycles. The fraction of sp³-hybridized carbons (Fsp3) is 0.783. The Kier molecular flexibility index (Phi) is 60.7. The van der Waals surface area contributed by atoms with Crippen molar-refractivity contribution in [3.8, 4) is 0 Å². The Labute approximate surface area is 465 Å². The molecule has 0 saturated heterocycles. The van der Waals surface area contributed by atoms with Gasteiger partial charge in [-0.2, -0.15) is 0 Å². The van der Waals surface area contributed by atoms with E-state index in [0.29, 0.717) is 19.3 Å². The van der Waals surface area contributed by atoms with Gasteiger partial charge < -0.3 is 14.2 Å². The van der Waals surface area contributed by atoms with E-state index < -0.39 is 6.10 Å². The third-order valence-corrected chi connectivity index (χ3v) is 14.2. The first-order chi connectivity index (χ1) is 37.0. The Morgan fingerprint density at radius 1 is 0.280 bits per heavy atom. The maximum atomic E-state index is 12.9. The van der Waals surface area contributed by atoms with Crippen LogP contribution < -0.4 is 0 Å². The smallest absolute Gasteiger partial charge is 0.306 e. The lowest BCUT2D eigenvalue weighted by Gasteiger charge is -2.18. The number of carbonyl (C=O) groups excluding carboxylic acids is 3. The lowest BCUT2D eigenvalue weighted by Crippen LogP contribution is -2.30. The molecule has 434 valence electrons. The fourth-order valence-corrected chi connectivity index (χ4v) is 9.31. The molecular weight excluding hydrogens is 925 g/mol. The van der Waals surface area contributed by atoms with Crippen molar-refractivity contribution in [2.24, 2.45) is 0 Å². The van der Waals surface area contributed by atoms with Gasteiger partial charge in [0.15, 0.2) is 6.10 Å².